The van der Waals surface area contributed by atoms with Crippen LogP contribution in [0.25, 0.3) is 0 Å². The third-order valence-electron chi connectivity index (χ3n) is 2.33. The van der Waals surface area contributed by atoms with Gasteiger partial charge in [-0.1, -0.05) is 5.16 Å². The van der Waals surface area contributed by atoms with Gasteiger partial charge in [0.15, 0.2) is 10.9 Å². The quantitative estimate of drug-likeness (QED) is 0.766. The smallest absolute Gasteiger partial charge is 0.276 e. The first kappa shape index (κ1) is 12.3. The van der Waals surface area contributed by atoms with Crippen LogP contribution in [0.2, 0.25) is 0 Å². The molecule has 7 nitrogen and oxygen atoms in total. The lowest BCUT2D eigenvalue weighted by molar-refractivity contribution is 0.102. The van der Waals surface area contributed by atoms with Gasteiger partial charge in [0.25, 0.3) is 5.91 Å². The Hall–Kier alpha value is -2.74. The Morgan fingerprint density at radius 3 is 3.05 bits per heavy atom. The number of amides is 1. The summed E-state index contributed by atoms with van der Waals surface area (Å²) < 4.78 is 4.63. The van der Waals surface area contributed by atoms with Crippen LogP contribution in [0.3, 0.4) is 0 Å². The van der Waals surface area contributed by atoms with E-state index in [1.54, 1.807) is 23.8 Å². The summed E-state index contributed by atoms with van der Waals surface area (Å²) in [6.45, 7) is 0. The summed E-state index contributed by atoms with van der Waals surface area (Å²) in [6.07, 6.45) is 4.74. The molecule has 0 aliphatic carbocycles. The molecular formula is C12H9N5O2S. The molecule has 3 aromatic rings. The largest absolute Gasteiger partial charge is 0.363 e. The molecule has 0 aliphatic heterocycles. The monoisotopic (exact) mass is 287 g/mol. The number of hydrogen-bond acceptors (Lipinski definition) is 7. The van der Waals surface area contributed by atoms with E-state index in [9.17, 15) is 4.79 Å². The predicted octanol–water partition coefficient (Wildman–Crippen LogP) is 2.52. The number of aromatic nitrogens is 3. The molecule has 0 saturated heterocycles. The fraction of sp³-hybridized carbons (Fsp3) is 0. The minimum absolute atomic E-state index is 0.310. The number of anilines is 3. The third kappa shape index (κ3) is 2.81. The van der Waals surface area contributed by atoms with E-state index in [0.717, 1.165) is 5.69 Å². The third-order valence-corrected chi connectivity index (χ3v) is 3.09. The van der Waals surface area contributed by atoms with Gasteiger partial charge in [-0.15, -0.1) is 11.3 Å². The molecule has 0 aromatic carbocycles. The molecule has 1 amide bonds. The Labute approximate surface area is 117 Å². The standard InChI is InChI=1S/C12H9N5O2S/c18-11(16-10-3-5-19-17-10)9-7-20-12(15-9)14-8-2-1-4-13-6-8/h1-7H,(H,14,15)(H,16,17,18). The summed E-state index contributed by atoms with van der Waals surface area (Å²) in [5, 5.41) is 11.5. The highest BCUT2D eigenvalue weighted by Gasteiger charge is 2.12. The van der Waals surface area contributed by atoms with Crippen LogP contribution >= 0.6 is 11.3 Å². The van der Waals surface area contributed by atoms with E-state index in [1.165, 1.54) is 17.6 Å². The summed E-state index contributed by atoms with van der Waals surface area (Å²) in [6, 6.07) is 5.23. The van der Waals surface area contributed by atoms with Crippen LogP contribution in [0.5, 0.6) is 0 Å². The number of nitrogens with one attached hydrogen (secondary N) is 2. The van der Waals surface area contributed by atoms with Crippen LogP contribution in [-0.2, 0) is 0 Å². The van der Waals surface area contributed by atoms with Crippen molar-refractivity contribution in [3.05, 3.63) is 47.9 Å². The van der Waals surface area contributed by atoms with Crippen LogP contribution in [0.15, 0.2) is 46.8 Å². The maximum atomic E-state index is 11.9. The summed E-state index contributed by atoms with van der Waals surface area (Å²) in [7, 11) is 0. The molecule has 0 saturated carbocycles. The first-order valence-electron chi connectivity index (χ1n) is 5.65. The molecule has 0 spiro atoms. The summed E-state index contributed by atoms with van der Waals surface area (Å²) in [5.74, 6) is 0.0131. The summed E-state index contributed by atoms with van der Waals surface area (Å²) in [5.41, 5.74) is 1.12. The molecule has 8 heteroatoms. The first-order valence-corrected chi connectivity index (χ1v) is 6.53. The first-order chi connectivity index (χ1) is 9.81. The Kier molecular flexibility index (Phi) is 3.38. The summed E-state index contributed by atoms with van der Waals surface area (Å²) in [4.78, 5) is 20.1. The second-order valence-corrected chi connectivity index (χ2v) is 4.60. The Morgan fingerprint density at radius 2 is 2.30 bits per heavy atom. The van der Waals surface area contributed by atoms with Gasteiger partial charge in [-0.25, -0.2) is 4.98 Å². The van der Waals surface area contributed by atoms with E-state index in [1.807, 2.05) is 12.1 Å². The molecule has 0 unspecified atom stereocenters. The maximum absolute atomic E-state index is 11.9. The van der Waals surface area contributed by atoms with Gasteiger partial charge in [0.05, 0.1) is 11.9 Å². The second-order valence-electron chi connectivity index (χ2n) is 3.74. The highest BCUT2D eigenvalue weighted by atomic mass is 32.1. The molecule has 100 valence electrons. The fourth-order valence-electron chi connectivity index (χ4n) is 1.45. The van der Waals surface area contributed by atoms with Crippen LogP contribution in [0.1, 0.15) is 10.5 Å². The van der Waals surface area contributed by atoms with Crippen LogP contribution in [-0.4, -0.2) is 21.0 Å². The van der Waals surface area contributed by atoms with Crippen molar-refractivity contribution in [1.82, 2.24) is 15.1 Å². The molecule has 3 heterocycles. The molecule has 0 bridgehead atoms. The van der Waals surface area contributed by atoms with Gasteiger partial charge >= 0.3 is 0 Å². The number of carbonyl (C=O) groups excluding carboxylic acids is 1. The SMILES string of the molecule is O=C(Nc1ccon1)c1csc(Nc2cccnc2)n1. The Morgan fingerprint density at radius 1 is 1.35 bits per heavy atom. The normalized spacial score (nSPS) is 10.2. The lowest BCUT2D eigenvalue weighted by Gasteiger charge is -2.00. The fourth-order valence-corrected chi connectivity index (χ4v) is 2.16. The molecule has 0 aliphatic rings. The van der Waals surface area contributed by atoms with Gasteiger partial charge in [0, 0.05) is 17.6 Å². The minimum Gasteiger partial charge on any atom is -0.363 e. The van der Waals surface area contributed by atoms with E-state index in [2.05, 4.69) is 30.3 Å². The van der Waals surface area contributed by atoms with Crippen molar-refractivity contribution in [2.75, 3.05) is 10.6 Å². The predicted molar refractivity (Wildman–Crippen MR) is 74.1 cm³/mol. The molecule has 2 N–H and O–H groups in total. The van der Waals surface area contributed by atoms with Gasteiger partial charge in [-0.05, 0) is 12.1 Å². The number of nitrogens with zero attached hydrogens (tertiary/aromatic N) is 3. The molecule has 0 atom stereocenters. The van der Waals surface area contributed by atoms with Gasteiger partial charge < -0.3 is 15.2 Å². The second kappa shape index (κ2) is 5.49. The topological polar surface area (TPSA) is 92.9 Å². The van der Waals surface area contributed by atoms with Crippen molar-refractivity contribution < 1.29 is 9.32 Å². The van der Waals surface area contributed by atoms with Crippen molar-refractivity contribution >= 4 is 33.9 Å². The maximum Gasteiger partial charge on any atom is 0.276 e. The zero-order valence-electron chi connectivity index (χ0n) is 10.1. The van der Waals surface area contributed by atoms with E-state index in [-0.39, 0.29) is 5.91 Å². The van der Waals surface area contributed by atoms with Crippen molar-refractivity contribution in [2.24, 2.45) is 0 Å². The lowest BCUT2D eigenvalue weighted by atomic mass is 10.4. The van der Waals surface area contributed by atoms with Crippen LogP contribution in [0, 0.1) is 0 Å². The molecular weight excluding hydrogens is 278 g/mol. The number of hydrogen-bond donors (Lipinski definition) is 2. The van der Waals surface area contributed by atoms with Gasteiger partial charge in [-0.3, -0.25) is 9.78 Å². The number of carbonyl (C=O) groups is 1. The number of pyridine rings is 1. The Balaban J connectivity index is 1.69. The van der Waals surface area contributed by atoms with Crippen molar-refractivity contribution in [3.63, 3.8) is 0 Å². The zero-order chi connectivity index (χ0) is 13.8. The molecule has 3 rings (SSSR count). The van der Waals surface area contributed by atoms with Gasteiger partial charge in [0.2, 0.25) is 0 Å². The van der Waals surface area contributed by atoms with Crippen molar-refractivity contribution in [1.29, 1.82) is 0 Å². The average Bonchev–Trinajstić information content (AvgIpc) is 3.11. The number of thiazole rings is 1. The van der Waals surface area contributed by atoms with Crippen molar-refractivity contribution in [3.8, 4) is 0 Å². The molecule has 0 radical (unpaired) electrons. The Bertz CT molecular complexity index is 696. The van der Waals surface area contributed by atoms with E-state index in [0.29, 0.717) is 16.6 Å². The van der Waals surface area contributed by atoms with Gasteiger partial charge in [0.1, 0.15) is 12.0 Å². The van der Waals surface area contributed by atoms with E-state index >= 15 is 0 Å². The van der Waals surface area contributed by atoms with E-state index in [4.69, 9.17) is 0 Å². The molecule has 3 aromatic heterocycles. The van der Waals surface area contributed by atoms with Crippen LogP contribution in [0.4, 0.5) is 16.6 Å². The minimum atomic E-state index is -0.339. The molecule has 20 heavy (non-hydrogen) atoms. The lowest BCUT2D eigenvalue weighted by Crippen LogP contribution is -2.12. The average molecular weight is 287 g/mol. The van der Waals surface area contributed by atoms with Crippen molar-refractivity contribution in [2.45, 2.75) is 0 Å². The molecule has 0 fully saturated rings. The zero-order valence-corrected chi connectivity index (χ0v) is 10.9. The van der Waals surface area contributed by atoms with Gasteiger partial charge in [-0.2, -0.15) is 0 Å². The summed E-state index contributed by atoms with van der Waals surface area (Å²) >= 11 is 1.33. The highest BCUT2D eigenvalue weighted by Crippen LogP contribution is 2.20. The van der Waals surface area contributed by atoms with Crippen LogP contribution < -0.4 is 10.6 Å². The highest BCUT2D eigenvalue weighted by molar-refractivity contribution is 7.14. The van der Waals surface area contributed by atoms with E-state index < -0.39 is 0 Å². The number of rotatable bonds is 4.